The van der Waals surface area contributed by atoms with Crippen molar-refractivity contribution in [2.24, 2.45) is 5.92 Å². The van der Waals surface area contributed by atoms with Crippen molar-refractivity contribution in [3.05, 3.63) is 47.1 Å². The summed E-state index contributed by atoms with van der Waals surface area (Å²) < 4.78 is 45.5. The first kappa shape index (κ1) is 34.1. The Balaban J connectivity index is 1.64. The Hall–Kier alpha value is -3.43. The molecule has 2 aliphatic rings. The van der Waals surface area contributed by atoms with Crippen LogP contribution < -0.4 is 9.64 Å². The number of carbonyl (C=O) groups is 3. The van der Waals surface area contributed by atoms with Crippen molar-refractivity contribution in [1.82, 2.24) is 4.90 Å². The third-order valence-electron chi connectivity index (χ3n) is 7.04. The van der Waals surface area contributed by atoms with Gasteiger partial charge in [0, 0.05) is 24.7 Å². The molecule has 1 heterocycles. The number of hydrogen-bond donors (Lipinski definition) is 0. The Morgan fingerprint density at radius 3 is 2.21 bits per heavy atom. The number of esters is 1. The van der Waals surface area contributed by atoms with Gasteiger partial charge in [0.15, 0.2) is 0 Å². The first-order valence-electron chi connectivity index (χ1n) is 14.9. The summed E-state index contributed by atoms with van der Waals surface area (Å²) in [5.74, 6) is -3.70. The van der Waals surface area contributed by atoms with Gasteiger partial charge in [0.1, 0.15) is 30.1 Å². The number of allylic oxidation sites excluding steroid dienone is 3. The summed E-state index contributed by atoms with van der Waals surface area (Å²) in [4.78, 5) is 41.5. The molecule has 10 heteroatoms. The molecule has 1 aromatic rings. The number of hydrogen-bond acceptors (Lipinski definition) is 6. The smallest absolute Gasteiger partial charge is 0.410 e. The lowest BCUT2D eigenvalue weighted by Gasteiger charge is -2.29. The number of halogens is 2. The summed E-state index contributed by atoms with van der Waals surface area (Å²) in [7, 11) is 0. The second-order valence-electron chi connectivity index (χ2n) is 13.4. The number of carbonyl (C=O) groups excluding carboxylic acids is 3. The predicted molar refractivity (Wildman–Crippen MR) is 161 cm³/mol. The van der Waals surface area contributed by atoms with Crippen LogP contribution in [0.5, 0.6) is 5.75 Å². The molecule has 0 unspecified atom stereocenters. The second kappa shape index (κ2) is 13.5. The minimum absolute atomic E-state index is 0.0231. The van der Waals surface area contributed by atoms with E-state index < -0.39 is 35.1 Å². The first-order chi connectivity index (χ1) is 19.9. The summed E-state index contributed by atoms with van der Waals surface area (Å²) in [5.41, 5.74) is 1.32. The number of nitrogens with zero attached hydrogens (tertiary/aromatic N) is 2. The van der Waals surface area contributed by atoms with Gasteiger partial charge >= 0.3 is 12.1 Å². The van der Waals surface area contributed by atoms with Crippen LogP contribution in [-0.2, 0) is 25.5 Å². The van der Waals surface area contributed by atoms with Gasteiger partial charge in [-0.3, -0.25) is 14.5 Å². The molecule has 1 aromatic carbocycles. The average molecular weight is 605 g/mol. The topological polar surface area (TPSA) is 85.4 Å². The lowest BCUT2D eigenvalue weighted by Crippen LogP contribution is -2.45. The summed E-state index contributed by atoms with van der Waals surface area (Å²) in [6, 6.07) is 5.47. The van der Waals surface area contributed by atoms with Gasteiger partial charge in [-0.25, -0.2) is 13.6 Å². The van der Waals surface area contributed by atoms with Gasteiger partial charge in [-0.15, -0.1) is 0 Å². The Bertz CT molecular complexity index is 1260. The van der Waals surface area contributed by atoms with E-state index in [4.69, 9.17) is 14.2 Å². The molecule has 8 nitrogen and oxygen atoms in total. The van der Waals surface area contributed by atoms with Crippen LogP contribution in [0.4, 0.5) is 19.3 Å². The highest BCUT2D eigenvalue weighted by Crippen LogP contribution is 2.38. The van der Waals surface area contributed by atoms with E-state index in [9.17, 15) is 23.2 Å². The summed E-state index contributed by atoms with van der Waals surface area (Å²) in [6.07, 6.45) is 3.92. The summed E-state index contributed by atoms with van der Waals surface area (Å²) in [6.45, 7) is 14.0. The fraction of sp³-hybridized carbons (Fsp3) is 0.606. The minimum Gasteiger partial charge on any atom is -0.489 e. The van der Waals surface area contributed by atoms with Crippen LogP contribution in [0.15, 0.2) is 41.5 Å². The molecule has 0 saturated heterocycles. The second-order valence-corrected chi connectivity index (χ2v) is 13.4. The number of benzene rings is 1. The Morgan fingerprint density at radius 2 is 1.63 bits per heavy atom. The van der Waals surface area contributed by atoms with E-state index in [2.05, 4.69) is 0 Å². The molecule has 0 atom stereocenters. The molecule has 238 valence electrons. The molecule has 2 amide bonds. The molecule has 0 aromatic heterocycles. The zero-order chi connectivity index (χ0) is 32.2. The van der Waals surface area contributed by atoms with E-state index in [1.165, 1.54) is 24.8 Å². The number of ether oxygens (including phenoxy) is 3. The van der Waals surface area contributed by atoms with Crippen LogP contribution in [0.3, 0.4) is 0 Å². The Kier molecular flexibility index (Phi) is 10.7. The number of rotatable bonds is 10. The number of amides is 2. The van der Waals surface area contributed by atoms with E-state index in [0.717, 1.165) is 16.8 Å². The first-order valence-corrected chi connectivity index (χ1v) is 14.9. The van der Waals surface area contributed by atoms with Crippen molar-refractivity contribution in [3.8, 4) is 5.75 Å². The van der Waals surface area contributed by atoms with Crippen molar-refractivity contribution in [2.45, 2.75) is 98.2 Å². The lowest BCUT2D eigenvalue weighted by atomic mass is 9.89. The Labute approximate surface area is 254 Å². The maximum atomic E-state index is 14.3. The summed E-state index contributed by atoms with van der Waals surface area (Å²) in [5, 5.41) is 0. The van der Waals surface area contributed by atoms with Crippen molar-refractivity contribution in [3.63, 3.8) is 0 Å². The fourth-order valence-electron chi connectivity index (χ4n) is 4.78. The zero-order valence-electron chi connectivity index (χ0n) is 26.7. The van der Waals surface area contributed by atoms with Crippen molar-refractivity contribution < 1.29 is 37.4 Å². The molecule has 0 N–H and O–H groups in total. The molecule has 1 aliphatic heterocycles. The van der Waals surface area contributed by atoms with Gasteiger partial charge in [-0.05, 0) is 95.7 Å². The van der Waals surface area contributed by atoms with E-state index in [-0.39, 0.29) is 31.0 Å². The van der Waals surface area contributed by atoms with Crippen LogP contribution in [0.25, 0.3) is 0 Å². The third kappa shape index (κ3) is 9.79. The number of fused-ring (bicyclic) bond motifs is 1. The van der Waals surface area contributed by atoms with Crippen molar-refractivity contribution >= 4 is 23.7 Å². The maximum absolute atomic E-state index is 14.3. The molecule has 0 bridgehead atoms. The molecule has 3 rings (SSSR count). The maximum Gasteiger partial charge on any atom is 0.410 e. The molecule has 1 aliphatic carbocycles. The predicted octanol–water partition coefficient (Wildman–Crippen LogP) is 6.86. The highest BCUT2D eigenvalue weighted by Gasteiger charge is 2.38. The highest BCUT2D eigenvalue weighted by molar-refractivity contribution is 5.98. The van der Waals surface area contributed by atoms with Crippen LogP contribution in [0, 0.1) is 5.92 Å². The normalized spacial score (nSPS) is 15.5. The van der Waals surface area contributed by atoms with E-state index >= 15 is 0 Å². The van der Waals surface area contributed by atoms with Gasteiger partial charge < -0.3 is 19.1 Å². The van der Waals surface area contributed by atoms with Crippen LogP contribution in [0.1, 0.15) is 80.2 Å². The van der Waals surface area contributed by atoms with Crippen molar-refractivity contribution in [2.75, 3.05) is 31.1 Å². The molecular weight excluding hydrogens is 558 g/mol. The molecule has 0 radical (unpaired) electrons. The zero-order valence-corrected chi connectivity index (χ0v) is 26.7. The largest absolute Gasteiger partial charge is 0.489 e. The number of alkyl halides is 2. The van der Waals surface area contributed by atoms with E-state index in [0.29, 0.717) is 38.2 Å². The van der Waals surface area contributed by atoms with Crippen LogP contribution in [0.2, 0.25) is 0 Å². The van der Waals surface area contributed by atoms with Gasteiger partial charge in [0.05, 0.1) is 6.42 Å². The van der Waals surface area contributed by atoms with Gasteiger partial charge in [0.25, 0.3) is 5.92 Å². The van der Waals surface area contributed by atoms with E-state index in [1.807, 2.05) is 12.1 Å². The standard InChI is InChI=1S/C33H46F2N2O6/c1-22(2)33(34,35)25-11-9-23(10-12-25)21-41-26-13-14-27-24(19-26)15-18-37(27)28(38)20-36(30(40)43-32(6,7)8)17-16-29(39)42-31(3,4)5/h9,11,13-14,19,22H,10,12,15-18,20-21H2,1-8H3. The van der Waals surface area contributed by atoms with Crippen LogP contribution in [-0.4, -0.2) is 66.2 Å². The van der Waals surface area contributed by atoms with Gasteiger partial charge in [0.2, 0.25) is 5.91 Å². The summed E-state index contributed by atoms with van der Waals surface area (Å²) >= 11 is 0. The molecular formula is C33H46F2N2O6. The third-order valence-corrected chi connectivity index (χ3v) is 7.04. The van der Waals surface area contributed by atoms with E-state index in [1.54, 1.807) is 58.6 Å². The lowest BCUT2D eigenvalue weighted by molar-refractivity contribution is -0.155. The fourth-order valence-corrected chi connectivity index (χ4v) is 4.78. The Morgan fingerprint density at radius 1 is 0.953 bits per heavy atom. The van der Waals surface area contributed by atoms with Crippen LogP contribution >= 0.6 is 0 Å². The number of anilines is 1. The molecule has 0 spiro atoms. The minimum atomic E-state index is -2.81. The molecule has 43 heavy (non-hydrogen) atoms. The SMILES string of the molecule is CC(C)C(F)(F)C1=CC=C(COc2ccc3c(c2)CCN3C(=O)CN(CCC(=O)OC(C)(C)C)C(=O)OC(C)(C)C)CC1. The van der Waals surface area contributed by atoms with Gasteiger partial charge in [-0.2, -0.15) is 0 Å². The van der Waals surface area contributed by atoms with Crippen molar-refractivity contribution in [1.29, 1.82) is 0 Å². The van der Waals surface area contributed by atoms with Gasteiger partial charge in [-0.1, -0.05) is 26.0 Å². The molecule has 0 saturated carbocycles. The monoisotopic (exact) mass is 604 g/mol. The quantitative estimate of drug-likeness (QED) is 0.271. The average Bonchev–Trinajstić information content (AvgIpc) is 3.31. The molecule has 0 fully saturated rings. The highest BCUT2D eigenvalue weighted by atomic mass is 19.3.